The molecule has 1 aromatic heterocycles. The van der Waals surface area contributed by atoms with E-state index in [0.29, 0.717) is 12.4 Å². The topological polar surface area (TPSA) is 73.6 Å². The van der Waals surface area contributed by atoms with Crippen LogP contribution < -0.4 is 10.8 Å². The molecule has 0 unspecified atom stereocenters. The molecule has 7 heteroatoms. The van der Waals surface area contributed by atoms with Crippen LogP contribution in [0.5, 0.6) is 0 Å². The molecule has 3 rings (SSSR count). The number of aromatic nitrogens is 1. The Hall–Kier alpha value is -2.40. The van der Waals surface area contributed by atoms with Gasteiger partial charge < -0.3 is 18.8 Å². The molecule has 0 aliphatic rings. The summed E-state index contributed by atoms with van der Waals surface area (Å²) in [7, 11) is -0.933. The Morgan fingerprint density at radius 3 is 2.17 bits per heavy atom. The monoisotopic (exact) mass is 414 g/mol. The summed E-state index contributed by atoms with van der Waals surface area (Å²) in [5, 5.41) is 3.17. The summed E-state index contributed by atoms with van der Waals surface area (Å²) in [4.78, 5) is 4.46. The van der Waals surface area contributed by atoms with E-state index in [1.807, 2.05) is 54.6 Å². The van der Waals surface area contributed by atoms with E-state index in [4.69, 9.17) is 13.5 Å². The van der Waals surface area contributed by atoms with E-state index in [-0.39, 0.29) is 16.7 Å². The van der Waals surface area contributed by atoms with Crippen molar-refractivity contribution >= 4 is 18.9 Å². The smallest absolute Gasteiger partial charge is 0.384 e. The third-order valence-electron chi connectivity index (χ3n) is 4.64. The molecule has 0 saturated carbocycles. The second-order valence-electron chi connectivity index (χ2n) is 7.70. The van der Waals surface area contributed by atoms with Crippen LogP contribution in [0.3, 0.4) is 0 Å². The molecule has 154 valence electrons. The zero-order chi connectivity index (χ0) is 21.1. The molecule has 0 aliphatic heterocycles. The van der Waals surface area contributed by atoms with E-state index in [1.54, 1.807) is 0 Å². The van der Waals surface area contributed by atoms with Crippen LogP contribution in [-0.4, -0.2) is 19.2 Å². The zero-order valence-electron chi connectivity index (χ0n) is 17.4. The molecule has 0 fully saturated rings. The number of hydrogen-bond acceptors (Lipinski definition) is 6. The molecule has 0 bridgehead atoms. The van der Waals surface area contributed by atoms with Gasteiger partial charge in [-0.3, -0.25) is 4.57 Å². The van der Waals surface area contributed by atoms with Crippen molar-refractivity contribution in [2.24, 2.45) is 0 Å². The molecule has 0 atom stereocenters. The van der Waals surface area contributed by atoms with Gasteiger partial charge in [0, 0.05) is 26.3 Å². The standard InChI is InChI=1S/C22H27N2O4P/c1-22(2,3)18-13-11-17(12-14-18)19-24-21(29(25,26-4)27-5)20(28-19)23-15-16-9-7-6-8-10-16/h6-14,23H,15H2,1-5H3. The molecule has 2 aromatic carbocycles. The van der Waals surface area contributed by atoms with Gasteiger partial charge in [0.2, 0.25) is 17.2 Å². The average molecular weight is 414 g/mol. The van der Waals surface area contributed by atoms with Crippen molar-refractivity contribution in [2.45, 2.75) is 32.7 Å². The zero-order valence-corrected chi connectivity index (χ0v) is 18.3. The Morgan fingerprint density at radius 2 is 1.62 bits per heavy atom. The number of oxazole rings is 1. The van der Waals surface area contributed by atoms with E-state index in [9.17, 15) is 4.57 Å². The highest BCUT2D eigenvalue weighted by atomic mass is 31.2. The van der Waals surface area contributed by atoms with Crippen LogP contribution in [0, 0.1) is 0 Å². The fraction of sp³-hybridized carbons (Fsp3) is 0.318. The maximum atomic E-state index is 13.0. The Labute approximate surface area is 171 Å². The van der Waals surface area contributed by atoms with Crippen LogP contribution in [0.15, 0.2) is 59.0 Å². The van der Waals surface area contributed by atoms with Crippen molar-refractivity contribution in [3.05, 3.63) is 65.7 Å². The SMILES string of the molecule is COP(=O)(OC)c1nc(-c2ccc(C(C)(C)C)cc2)oc1NCc1ccccc1. The first-order chi connectivity index (χ1) is 13.8. The van der Waals surface area contributed by atoms with Gasteiger partial charge in [-0.15, -0.1) is 0 Å². The number of hydrogen-bond donors (Lipinski definition) is 1. The van der Waals surface area contributed by atoms with Crippen molar-refractivity contribution in [3.8, 4) is 11.5 Å². The second kappa shape index (κ2) is 8.54. The lowest BCUT2D eigenvalue weighted by atomic mass is 9.87. The van der Waals surface area contributed by atoms with Crippen molar-refractivity contribution in [1.82, 2.24) is 4.98 Å². The fourth-order valence-electron chi connectivity index (χ4n) is 2.87. The van der Waals surface area contributed by atoms with Crippen molar-refractivity contribution in [1.29, 1.82) is 0 Å². The minimum Gasteiger partial charge on any atom is -0.420 e. The van der Waals surface area contributed by atoms with Crippen molar-refractivity contribution < 1.29 is 18.0 Å². The van der Waals surface area contributed by atoms with Crippen molar-refractivity contribution in [2.75, 3.05) is 19.5 Å². The number of nitrogens with one attached hydrogen (secondary N) is 1. The summed E-state index contributed by atoms with van der Waals surface area (Å²) in [6, 6.07) is 17.8. The summed E-state index contributed by atoms with van der Waals surface area (Å²) in [5.41, 5.74) is 3.22. The predicted molar refractivity (Wildman–Crippen MR) is 116 cm³/mol. The number of nitrogens with zero attached hydrogens (tertiary/aromatic N) is 1. The molecule has 0 aliphatic carbocycles. The summed E-state index contributed by atoms with van der Waals surface area (Å²) in [5.74, 6) is 0.626. The molecule has 3 aromatic rings. The van der Waals surface area contributed by atoms with Crippen LogP contribution in [0.4, 0.5) is 5.88 Å². The highest BCUT2D eigenvalue weighted by Gasteiger charge is 2.34. The molecule has 0 radical (unpaired) electrons. The summed E-state index contributed by atoms with van der Waals surface area (Å²) in [6.45, 7) is 6.96. The summed E-state index contributed by atoms with van der Waals surface area (Å²) >= 11 is 0. The Kier molecular flexibility index (Phi) is 6.27. The fourth-order valence-corrected chi connectivity index (χ4v) is 3.96. The summed E-state index contributed by atoms with van der Waals surface area (Å²) in [6.07, 6.45) is 0. The minimum absolute atomic E-state index is 0.0461. The second-order valence-corrected chi connectivity index (χ2v) is 9.85. The number of anilines is 1. The highest BCUT2D eigenvalue weighted by Crippen LogP contribution is 2.47. The van der Waals surface area contributed by atoms with Gasteiger partial charge >= 0.3 is 7.60 Å². The van der Waals surface area contributed by atoms with E-state index in [2.05, 4.69) is 31.1 Å². The molecule has 1 N–H and O–H groups in total. The quantitative estimate of drug-likeness (QED) is 0.525. The summed E-state index contributed by atoms with van der Waals surface area (Å²) < 4.78 is 29.3. The molecule has 0 saturated heterocycles. The predicted octanol–water partition coefficient (Wildman–Crippen LogP) is 5.36. The first-order valence-corrected chi connectivity index (χ1v) is 10.9. The maximum absolute atomic E-state index is 13.0. The van der Waals surface area contributed by atoms with Crippen LogP contribution in [0.1, 0.15) is 31.9 Å². The molecular weight excluding hydrogens is 387 g/mol. The van der Waals surface area contributed by atoms with Gasteiger partial charge in [0.1, 0.15) is 0 Å². The van der Waals surface area contributed by atoms with Gasteiger partial charge in [0.15, 0.2) is 0 Å². The van der Waals surface area contributed by atoms with E-state index in [0.717, 1.165) is 11.1 Å². The molecule has 1 heterocycles. The average Bonchev–Trinajstić information content (AvgIpc) is 3.17. The molecule has 6 nitrogen and oxygen atoms in total. The van der Waals surface area contributed by atoms with Crippen LogP contribution in [0.25, 0.3) is 11.5 Å². The maximum Gasteiger partial charge on any atom is 0.384 e. The third-order valence-corrected chi connectivity index (χ3v) is 6.43. The van der Waals surface area contributed by atoms with Crippen LogP contribution in [-0.2, 0) is 25.6 Å². The third kappa shape index (κ3) is 4.78. The lowest BCUT2D eigenvalue weighted by molar-refractivity contribution is 0.286. The molecule has 0 amide bonds. The Morgan fingerprint density at radius 1 is 1.00 bits per heavy atom. The van der Waals surface area contributed by atoms with Crippen molar-refractivity contribution in [3.63, 3.8) is 0 Å². The van der Waals surface area contributed by atoms with Gasteiger partial charge in [-0.25, -0.2) is 0 Å². The van der Waals surface area contributed by atoms with Gasteiger partial charge in [-0.05, 0) is 28.7 Å². The lowest BCUT2D eigenvalue weighted by Crippen LogP contribution is -2.14. The number of rotatable bonds is 7. The van der Waals surface area contributed by atoms with Gasteiger partial charge in [0.25, 0.3) is 0 Å². The minimum atomic E-state index is -3.60. The Bertz CT molecular complexity index is 984. The normalized spacial score (nSPS) is 12.2. The highest BCUT2D eigenvalue weighted by molar-refractivity contribution is 7.62. The Balaban J connectivity index is 1.96. The van der Waals surface area contributed by atoms with Gasteiger partial charge in [0.05, 0.1) is 0 Å². The first kappa shape index (κ1) is 21.3. The van der Waals surface area contributed by atoms with Crippen LogP contribution in [0.2, 0.25) is 0 Å². The number of benzene rings is 2. The van der Waals surface area contributed by atoms with Gasteiger partial charge in [-0.2, -0.15) is 4.98 Å². The molecule has 0 spiro atoms. The van der Waals surface area contributed by atoms with E-state index in [1.165, 1.54) is 19.8 Å². The molecule has 29 heavy (non-hydrogen) atoms. The first-order valence-electron chi connectivity index (χ1n) is 9.38. The lowest BCUT2D eigenvalue weighted by Gasteiger charge is -2.18. The van der Waals surface area contributed by atoms with Crippen LogP contribution >= 0.6 is 7.60 Å². The van der Waals surface area contributed by atoms with Gasteiger partial charge in [-0.1, -0.05) is 63.2 Å². The largest absolute Gasteiger partial charge is 0.420 e. The molecular formula is C22H27N2O4P. The van der Waals surface area contributed by atoms with E-state index < -0.39 is 7.60 Å². The van der Waals surface area contributed by atoms with E-state index >= 15 is 0 Å².